The molecule has 1 fully saturated rings. The normalized spacial score (nSPS) is 17.1. The highest BCUT2D eigenvalue weighted by Gasteiger charge is 2.29. The standard InChI is InChI=1S/C27H28N4O4S/c1-18(2)35-24-9-10-25(19(3)13-24)26-21(16-31(30-26)23-7-5-4-6-8-23)14-20(15-28)27(32)29-22-11-12-36(33,34)17-22/h4-10,13-14,16,18,22H,11-12,17H2,1-3H3,(H,29,32). The van der Waals surface area contributed by atoms with Gasteiger partial charge in [0.2, 0.25) is 0 Å². The molecule has 0 aliphatic carbocycles. The molecule has 1 amide bonds. The zero-order chi connectivity index (χ0) is 25.9. The Balaban J connectivity index is 1.73. The number of nitriles is 1. The smallest absolute Gasteiger partial charge is 0.262 e. The molecule has 1 aliphatic rings. The number of aromatic nitrogens is 2. The van der Waals surface area contributed by atoms with E-state index in [1.165, 1.54) is 6.08 Å². The second kappa shape index (κ2) is 10.4. The van der Waals surface area contributed by atoms with Crippen LogP contribution >= 0.6 is 0 Å². The van der Waals surface area contributed by atoms with Gasteiger partial charge < -0.3 is 10.1 Å². The summed E-state index contributed by atoms with van der Waals surface area (Å²) in [4.78, 5) is 12.8. The Morgan fingerprint density at radius 2 is 2.00 bits per heavy atom. The van der Waals surface area contributed by atoms with Crippen LogP contribution in [0, 0.1) is 18.3 Å². The first kappa shape index (κ1) is 25.2. The van der Waals surface area contributed by atoms with E-state index < -0.39 is 21.8 Å². The van der Waals surface area contributed by atoms with Gasteiger partial charge in [-0.3, -0.25) is 4.79 Å². The summed E-state index contributed by atoms with van der Waals surface area (Å²) in [6, 6.07) is 16.7. The fraction of sp³-hybridized carbons (Fsp3) is 0.296. The number of sulfone groups is 1. The van der Waals surface area contributed by atoms with Gasteiger partial charge in [0.15, 0.2) is 9.84 Å². The van der Waals surface area contributed by atoms with E-state index in [1.807, 2.05) is 75.4 Å². The molecule has 1 aromatic heterocycles. The van der Waals surface area contributed by atoms with Gasteiger partial charge in [-0.25, -0.2) is 13.1 Å². The maximum absolute atomic E-state index is 12.8. The molecule has 9 heteroatoms. The van der Waals surface area contributed by atoms with Crippen LogP contribution in [0.25, 0.3) is 23.0 Å². The summed E-state index contributed by atoms with van der Waals surface area (Å²) in [5.74, 6) is 0.0660. The Hall–Kier alpha value is -3.90. The minimum atomic E-state index is -3.16. The Morgan fingerprint density at radius 3 is 2.61 bits per heavy atom. The highest BCUT2D eigenvalue weighted by molar-refractivity contribution is 7.91. The lowest BCUT2D eigenvalue weighted by Gasteiger charge is -2.12. The summed E-state index contributed by atoms with van der Waals surface area (Å²) >= 11 is 0. The van der Waals surface area contributed by atoms with Crippen molar-refractivity contribution < 1.29 is 17.9 Å². The fourth-order valence-electron chi connectivity index (χ4n) is 4.14. The lowest BCUT2D eigenvalue weighted by molar-refractivity contribution is -0.117. The van der Waals surface area contributed by atoms with Crippen molar-refractivity contribution in [2.45, 2.75) is 39.3 Å². The summed E-state index contributed by atoms with van der Waals surface area (Å²) in [5.41, 5.74) is 3.68. The van der Waals surface area contributed by atoms with Gasteiger partial charge in [-0.05, 0) is 69.2 Å². The van der Waals surface area contributed by atoms with E-state index in [1.54, 1.807) is 10.9 Å². The zero-order valence-electron chi connectivity index (χ0n) is 20.4. The van der Waals surface area contributed by atoms with Crippen molar-refractivity contribution in [3.63, 3.8) is 0 Å². The van der Waals surface area contributed by atoms with Crippen molar-refractivity contribution in [3.05, 3.63) is 71.4 Å². The number of hydrogen-bond donors (Lipinski definition) is 1. The van der Waals surface area contributed by atoms with Gasteiger partial charge in [-0.15, -0.1) is 0 Å². The largest absolute Gasteiger partial charge is 0.491 e. The summed E-state index contributed by atoms with van der Waals surface area (Å²) in [6.07, 6.45) is 3.65. The van der Waals surface area contributed by atoms with Gasteiger partial charge in [0.1, 0.15) is 23.1 Å². The van der Waals surface area contributed by atoms with E-state index in [-0.39, 0.29) is 23.2 Å². The van der Waals surface area contributed by atoms with Crippen LogP contribution in [0.15, 0.2) is 60.3 Å². The molecular weight excluding hydrogens is 476 g/mol. The molecule has 1 unspecified atom stereocenters. The highest BCUT2D eigenvalue weighted by atomic mass is 32.2. The van der Waals surface area contributed by atoms with Crippen molar-refractivity contribution in [3.8, 4) is 28.8 Å². The molecule has 1 atom stereocenters. The third-order valence-corrected chi connectivity index (χ3v) is 7.59. The van der Waals surface area contributed by atoms with Crippen LogP contribution in [-0.4, -0.2) is 47.8 Å². The summed E-state index contributed by atoms with van der Waals surface area (Å²) in [7, 11) is -3.16. The molecule has 2 heterocycles. The number of hydrogen-bond acceptors (Lipinski definition) is 6. The SMILES string of the molecule is Cc1cc(OC(C)C)ccc1-c1nn(-c2ccccc2)cc1C=C(C#N)C(=O)NC1CCS(=O)(=O)C1. The molecule has 186 valence electrons. The number of amides is 1. The zero-order valence-corrected chi connectivity index (χ0v) is 21.2. The topological polar surface area (TPSA) is 114 Å². The predicted octanol–water partition coefficient (Wildman–Crippen LogP) is 3.85. The van der Waals surface area contributed by atoms with Crippen LogP contribution in [0.1, 0.15) is 31.4 Å². The minimum Gasteiger partial charge on any atom is -0.491 e. The monoisotopic (exact) mass is 504 g/mol. The van der Waals surface area contributed by atoms with Gasteiger partial charge in [-0.1, -0.05) is 18.2 Å². The molecule has 4 rings (SSSR count). The molecule has 36 heavy (non-hydrogen) atoms. The number of para-hydroxylation sites is 1. The molecule has 1 N–H and O–H groups in total. The van der Waals surface area contributed by atoms with E-state index in [9.17, 15) is 18.5 Å². The summed E-state index contributed by atoms with van der Waals surface area (Å²) in [6.45, 7) is 5.88. The van der Waals surface area contributed by atoms with Gasteiger partial charge in [-0.2, -0.15) is 10.4 Å². The van der Waals surface area contributed by atoms with E-state index in [0.29, 0.717) is 17.7 Å². The molecule has 0 saturated carbocycles. The first-order valence-corrected chi connectivity index (χ1v) is 13.5. The quantitative estimate of drug-likeness (QED) is 0.386. The second-order valence-electron chi connectivity index (χ2n) is 9.10. The average Bonchev–Trinajstić information content (AvgIpc) is 3.40. The van der Waals surface area contributed by atoms with Gasteiger partial charge in [0.25, 0.3) is 5.91 Å². The third kappa shape index (κ3) is 5.83. The minimum absolute atomic E-state index is 0.0351. The number of ether oxygens (including phenoxy) is 1. The van der Waals surface area contributed by atoms with Crippen LogP contribution in [0.2, 0.25) is 0 Å². The van der Waals surface area contributed by atoms with Crippen LogP contribution in [0.5, 0.6) is 5.75 Å². The molecule has 8 nitrogen and oxygen atoms in total. The lowest BCUT2D eigenvalue weighted by atomic mass is 10.0. The van der Waals surface area contributed by atoms with E-state index >= 15 is 0 Å². The second-order valence-corrected chi connectivity index (χ2v) is 11.3. The molecule has 0 radical (unpaired) electrons. The maximum Gasteiger partial charge on any atom is 0.262 e. The number of nitrogens with one attached hydrogen (secondary N) is 1. The molecular formula is C27H28N4O4S. The Bertz CT molecular complexity index is 1450. The fourth-order valence-corrected chi connectivity index (χ4v) is 5.81. The number of aryl methyl sites for hydroxylation is 1. The Morgan fingerprint density at radius 1 is 1.25 bits per heavy atom. The molecule has 1 saturated heterocycles. The number of carbonyl (C=O) groups excluding carboxylic acids is 1. The van der Waals surface area contributed by atoms with Crippen molar-refractivity contribution in [1.29, 1.82) is 5.26 Å². The van der Waals surface area contributed by atoms with Gasteiger partial charge in [0, 0.05) is 23.4 Å². The summed E-state index contributed by atoms with van der Waals surface area (Å²) in [5, 5.41) is 17.2. The van der Waals surface area contributed by atoms with Crippen LogP contribution < -0.4 is 10.1 Å². The number of nitrogens with zero attached hydrogens (tertiary/aromatic N) is 3. The number of benzene rings is 2. The van der Waals surface area contributed by atoms with Crippen molar-refractivity contribution in [2.75, 3.05) is 11.5 Å². The first-order chi connectivity index (χ1) is 17.1. The maximum atomic E-state index is 12.8. The predicted molar refractivity (Wildman–Crippen MR) is 138 cm³/mol. The van der Waals surface area contributed by atoms with E-state index in [4.69, 9.17) is 9.84 Å². The molecule has 1 aliphatic heterocycles. The average molecular weight is 505 g/mol. The Kier molecular flexibility index (Phi) is 7.27. The van der Waals surface area contributed by atoms with Crippen LogP contribution in [-0.2, 0) is 14.6 Å². The first-order valence-electron chi connectivity index (χ1n) is 11.7. The molecule has 2 aromatic carbocycles. The van der Waals surface area contributed by atoms with E-state index in [2.05, 4.69) is 5.32 Å². The molecule has 0 spiro atoms. The highest BCUT2D eigenvalue weighted by Crippen LogP contribution is 2.31. The van der Waals surface area contributed by atoms with Gasteiger partial charge >= 0.3 is 0 Å². The molecule has 0 bridgehead atoms. The van der Waals surface area contributed by atoms with Crippen LogP contribution in [0.4, 0.5) is 0 Å². The van der Waals surface area contributed by atoms with Crippen molar-refractivity contribution >= 4 is 21.8 Å². The molecule has 3 aromatic rings. The number of carbonyl (C=O) groups is 1. The Labute approximate surface area is 211 Å². The lowest BCUT2D eigenvalue weighted by Crippen LogP contribution is -2.36. The van der Waals surface area contributed by atoms with Crippen molar-refractivity contribution in [1.82, 2.24) is 15.1 Å². The van der Waals surface area contributed by atoms with Crippen molar-refractivity contribution in [2.24, 2.45) is 0 Å². The number of rotatable bonds is 7. The van der Waals surface area contributed by atoms with E-state index in [0.717, 1.165) is 22.6 Å². The summed E-state index contributed by atoms with van der Waals surface area (Å²) < 4.78 is 31.0. The van der Waals surface area contributed by atoms with Gasteiger partial charge in [0.05, 0.1) is 23.3 Å². The third-order valence-electron chi connectivity index (χ3n) is 5.82. The van der Waals surface area contributed by atoms with Crippen LogP contribution in [0.3, 0.4) is 0 Å².